The molecule has 3 heteroatoms. The van der Waals surface area contributed by atoms with Crippen LogP contribution in [0.3, 0.4) is 0 Å². The van der Waals surface area contributed by atoms with Gasteiger partial charge < -0.3 is 15.2 Å². The topological polar surface area (TPSA) is 41.5 Å². The summed E-state index contributed by atoms with van der Waals surface area (Å²) in [5.41, 5.74) is 0.301. The summed E-state index contributed by atoms with van der Waals surface area (Å²) >= 11 is 0. The Labute approximate surface area is 128 Å². The lowest BCUT2D eigenvalue weighted by Crippen LogP contribution is -2.40. The SMILES string of the molecule is CCCNC1CCC(O)(c2cccc(OC(C)C)c2)CC1. The van der Waals surface area contributed by atoms with Crippen LogP contribution in [0.4, 0.5) is 0 Å². The second-order valence-corrected chi connectivity index (χ2v) is 6.45. The molecule has 1 aromatic carbocycles. The largest absolute Gasteiger partial charge is 0.491 e. The van der Waals surface area contributed by atoms with Gasteiger partial charge in [0.05, 0.1) is 11.7 Å². The minimum atomic E-state index is -0.694. The zero-order valence-corrected chi connectivity index (χ0v) is 13.6. The first kappa shape index (κ1) is 16.3. The van der Waals surface area contributed by atoms with Gasteiger partial charge in [0.1, 0.15) is 5.75 Å². The van der Waals surface area contributed by atoms with Crippen LogP contribution in [0, 0.1) is 0 Å². The van der Waals surface area contributed by atoms with Gasteiger partial charge in [-0.25, -0.2) is 0 Å². The highest BCUT2D eigenvalue weighted by Gasteiger charge is 2.34. The van der Waals surface area contributed by atoms with Gasteiger partial charge in [-0.05, 0) is 70.2 Å². The summed E-state index contributed by atoms with van der Waals surface area (Å²) in [7, 11) is 0. The Bertz CT molecular complexity index is 437. The van der Waals surface area contributed by atoms with Gasteiger partial charge >= 0.3 is 0 Å². The maximum atomic E-state index is 11.0. The van der Waals surface area contributed by atoms with Gasteiger partial charge in [0, 0.05) is 6.04 Å². The zero-order valence-electron chi connectivity index (χ0n) is 13.6. The average Bonchev–Trinajstić information content (AvgIpc) is 2.46. The third-order valence-electron chi connectivity index (χ3n) is 4.24. The van der Waals surface area contributed by atoms with E-state index in [0.29, 0.717) is 6.04 Å². The smallest absolute Gasteiger partial charge is 0.120 e. The fraction of sp³-hybridized carbons (Fsp3) is 0.667. The van der Waals surface area contributed by atoms with Crippen LogP contribution >= 0.6 is 0 Å². The minimum absolute atomic E-state index is 0.156. The summed E-state index contributed by atoms with van der Waals surface area (Å²) in [4.78, 5) is 0. The molecule has 0 radical (unpaired) electrons. The Morgan fingerprint density at radius 2 is 2.05 bits per heavy atom. The Morgan fingerprint density at radius 1 is 1.33 bits per heavy atom. The molecule has 118 valence electrons. The molecule has 21 heavy (non-hydrogen) atoms. The second kappa shape index (κ2) is 7.28. The average molecular weight is 291 g/mol. The second-order valence-electron chi connectivity index (χ2n) is 6.45. The fourth-order valence-electron chi connectivity index (χ4n) is 3.07. The maximum Gasteiger partial charge on any atom is 0.120 e. The Morgan fingerprint density at radius 3 is 2.67 bits per heavy atom. The van der Waals surface area contributed by atoms with Crippen molar-refractivity contribution in [1.82, 2.24) is 5.32 Å². The Kier molecular flexibility index (Phi) is 5.65. The van der Waals surface area contributed by atoms with Crippen LogP contribution in [-0.2, 0) is 5.60 Å². The van der Waals surface area contributed by atoms with E-state index >= 15 is 0 Å². The summed E-state index contributed by atoms with van der Waals surface area (Å²) in [5, 5.41) is 14.5. The molecule has 2 rings (SSSR count). The Balaban J connectivity index is 2.01. The summed E-state index contributed by atoms with van der Waals surface area (Å²) in [5.74, 6) is 0.849. The number of hydrogen-bond donors (Lipinski definition) is 2. The van der Waals surface area contributed by atoms with E-state index in [1.54, 1.807) is 0 Å². The van der Waals surface area contributed by atoms with E-state index in [2.05, 4.69) is 12.2 Å². The van der Waals surface area contributed by atoms with Crippen molar-refractivity contribution in [1.29, 1.82) is 0 Å². The van der Waals surface area contributed by atoms with Crippen LogP contribution in [-0.4, -0.2) is 23.8 Å². The molecular formula is C18H29NO2. The third kappa shape index (κ3) is 4.45. The van der Waals surface area contributed by atoms with Crippen molar-refractivity contribution >= 4 is 0 Å². The van der Waals surface area contributed by atoms with Crippen molar-refractivity contribution in [3.05, 3.63) is 29.8 Å². The van der Waals surface area contributed by atoms with Gasteiger partial charge in [-0.1, -0.05) is 19.1 Å². The molecule has 0 aromatic heterocycles. The van der Waals surface area contributed by atoms with E-state index in [4.69, 9.17) is 4.74 Å². The number of rotatable bonds is 6. The highest BCUT2D eigenvalue weighted by molar-refractivity contribution is 5.33. The summed E-state index contributed by atoms with van der Waals surface area (Å²) in [6, 6.07) is 8.51. The van der Waals surface area contributed by atoms with Crippen LogP contribution in [0.5, 0.6) is 5.75 Å². The van der Waals surface area contributed by atoms with E-state index in [1.165, 1.54) is 0 Å². The number of ether oxygens (including phenoxy) is 1. The first-order chi connectivity index (χ1) is 10.0. The lowest BCUT2D eigenvalue weighted by Gasteiger charge is -2.37. The summed E-state index contributed by atoms with van der Waals surface area (Å²) < 4.78 is 5.74. The molecule has 1 fully saturated rings. The molecule has 0 amide bonds. The predicted molar refractivity (Wildman–Crippen MR) is 86.7 cm³/mol. The van der Waals surface area contributed by atoms with Gasteiger partial charge in [0.15, 0.2) is 0 Å². The molecule has 0 atom stereocenters. The highest BCUT2D eigenvalue weighted by Crippen LogP contribution is 2.38. The van der Waals surface area contributed by atoms with Crippen LogP contribution in [0.15, 0.2) is 24.3 Å². The molecule has 1 aliphatic carbocycles. The first-order valence-corrected chi connectivity index (χ1v) is 8.26. The monoisotopic (exact) mass is 291 g/mol. The van der Waals surface area contributed by atoms with Gasteiger partial charge in [-0.2, -0.15) is 0 Å². The minimum Gasteiger partial charge on any atom is -0.491 e. The standard InChI is InChI=1S/C18H29NO2/c1-4-12-19-16-8-10-18(20,11-9-16)15-6-5-7-17(13-15)21-14(2)3/h5-7,13-14,16,19-20H,4,8-12H2,1-3H3. The van der Waals surface area contributed by atoms with Crippen molar-refractivity contribution in [2.45, 2.75) is 70.6 Å². The van der Waals surface area contributed by atoms with Gasteiger partial charge in [0.25, 0.3) is 0 Å². The van der Waals surface area contributed by atoms with Gasteiger partial charge in [-0.3, -0.25) is 0 Å². The molecule has 0 bridgehead atoms. The van der Waals surface area contributed by atoms with Gasteiger partial charge in [-0.15, -0.1) is 0 Å². The molecule has 0 spiro atoms. The lowest BCUT2D eigenvalue weighted by molar-refractivity contribution is -0.00851. The van der Waals surface area contributed by atoms with E-state index in [9.17, 15) is 5.11 Å². The molecule has 2 N–H and O–H groups in total. The van der Waals surface area contributed by atoms with Crippen molar-refractivity contribution in [3.63, 3.8) is 0 Å². The van der Waals surface area contributed by atoms with Crippen LogP contribution in [0.25, 0.3) is 0 Å². The molecule has 3 nitrogen and oxygen atoms in total. The third-order valence-corrected chi connectivity index (χ3v) is 4.24. The highest BCUT2D eigenvalue weighted by atomic mass is 16.5. The van der Waals surface area contributed by atoms with Crippen molar-refractivity contribution in [2.75, 3.05) is 6.54 Å². The van der Waals surface area contributed by atoms with E-state index in [0.717, 1.165) is 50.0 Å². The quantitative estimate of drug-likeness (QED) is 0.841. The maximum absolute atomic E-state index is 11.0. The van der Waals surface area contributed by atoms with E-state index in [1.807, 2.05) is 38.1 Å². The van der Waals surface area contributed by atoms with E-state index < -0.39 is 5.60 Å². The van der Waals surface area contributed by atoms with Crippen molar-refractivity contribution in [2.24, 2.45) is 0 Å². The first-order valence-electron chi connectivity index (χ1n) is 8.26. The number of nitrogens with one attached hydrogen (secondary N) is 1. The lowest BCUT2D eigenvalue weighted by atomic mass is 9.77. The molecule has 0 heterocycles. The summed E-state index contributed by atoms with van der Waals surface area (Å²) in [6.45, 7) is 7.30. The van der Waals surface area contributed by atoms with Crippen molar-refractivity contribution in [3.8, 4) is 5.75 Å². The molecule has 0 unspecified atom stereocenters. The molecule has 0 aliphatic heterocycles. The number of benzene rings is 1. The predicted octanol–water partition coefficient (Wildman–Crippen LogP) is 3.60. The van der Waals surface area contributed by atoms with Gasteiger partial charge in [0.2, 0.25) is 0 Å². The molecular weight excluding hydrogens is 262 g/mol. The van der Waals surface area contributed by atoms with Crippen molar-refractivity contribution < 1.29 is 9.84 Å². The van der Waals surface area contributed by atoms with E-state index in [-0.39, 0.29) is 6.10 Å². The molecule has 1 aliphatic rings. The molecule has 0 saturated heterocycles. The normalized spacial score (nSPS) is 26.0. The molecule has 1 saturated carbocycles. The van der Waals surface area contributed by atoms with Crippen LogP contribution in [0.1, 0.15) is 58.4 Å². The molecule has 1 aromatic rings. The van der Waals surface area contributed by atoms with Crippen LogP contribution in [0.2, 0.25) is 0 Å². The van der Waals surface area contributed by atoms with Crippen LogP contribution < -0.4 is 10.1 Å². The fourth-order valence-corrected chi connectivity index (χ4v) is 3.07. The Hall–Kier alpha value is -1.06. The zero-order chi connectivity index (χ0) is 15.3. The number of hydrogen-bond acceptors (Lipinski definition) is 3. The number of aliphatic hydroxyl groups is 1. The summed E-state index contributed by atoms with van der Waals surface area (Å²) in [6.07, 6.45) is 5.02.